The van der Waals surface area contributed by atoms with Crippen molar-refractivity contribution < 1.29 is 23.9 Å². The van der Waals surface area contributed by atoms with Gasteiger partial charge in [-0.15, -0.1) is 0 Å². The fraction of sp³-hybridized carbons (Fsp3) is 0.318. The molecule has 0 saturated heterocycles. The van der Waals surface area contributed by atoms with Crippen molar-refractivity contribution in [2.75, 3.05) is 43.5 Å². The summed E-state index contributed by atoms with van der Waals surface area (Å²) in [6.07, 6.45) is 2.39. The quantitative estimate of drug-likeness (QED) is 0.491. The second kappa shape index (κ2) is 12.6. The molecule has 0 radical (unpaired) electrons. The number of carbonyl (C=O) groups is 3. The molecule has 2 aromatic rings. The number of methoxy groups -OCH3 is 2. The van der Waals surface area contributed by atoms with E-state index in [0.29, 0.717) is 34.9 Å². The molecule has 0 saturated carbocycles. The van der Waals surface area contributed by atoms with Gasteiger partial charge in [0, 0.05) is 18.5 Å². The summed E-state index contributed by atoms with van der Waals surface area (Å²) in [5.41, 5.74) is 1.38. The van der Waals surface area contributed by atoms with Gasteiger partial charge in [0.15, 0.2) is 0 Å². The Morgan fingerprint density at radius 1 is 1.00 bits per heavy atom. The molecule has 0 aliphatic heterocycles. The van der Waals surface area contributed by atoms with E-state index in [9.17, 15) is 14.4 Å². The van der Waals surface area contributed by atoms with E-state index in [1.165, 1.54) is 14.2 Å². The average Bonchev–Trinajstić information content (AvgIpc) is 2.76. The third kappa shape index (κ3) is 7.62. The number of thioether (sulfide) groups is 1. The van der Waals surface area contributed by atoms with Crippen LogP contribution in [0.1, 0.15) is 16.8 Å². The smallest absolute Gasteiger partial charge is 0.255 e. The molecule has 31 heavy (non-hydrogen) atoms. The molecule has 1 atom stereocenters. The highest BCUT2D eigenvalue weighted by atomic mass is 32.2. The zero-order valence-corrected chi connectivity index (χ0v) is 18.6. The van der Waals surface area contributed by atoms with E-state index in [0.717, 1.165) is 0 Å². The molecule has 3 amide bonds. The first-order valence-electron chi connectivity index (χ1n) is 9.61. The molecule has 2 aromatic carbocycles. The fourth-order valence-corrected chi connectivity index (χ4v) is 3.28. The summed E-state index contributed by atoms with van der Waals surface area (Å²) < 4.78 is 10.0. The average molecular weight is 446 g/mol. The number of para-hydroxylation sites is 1. The minimum atomic E-state index is -0.739. The largest absolute Gasteiger partial charge is 0.496 e. The second-order valence-corrected chi connectivity index (χ2v) is 7.54. The number of amides is 3. The van der Waals surface area contributed by atoms with Crippen molar-refractivity contribution in [2.45, 2.75) is 12.5 Å². The van der Waals surface area contributed by atoms with Gasteiger partial charge in [-0.2, -0.15) is 11.8 Å². The maximum atomic E-state index is 12.9. The van der Waals surface area contributed by atoms with Gasteiger partial charge in [-0.25, -0.2) is 0 Å². The fourth-order valence-electron chi connectivity index (χ4n) is 2.80. The number of nitrogens with one attached hydrogen (secondary N) is 3. The van der Waals surface area contributed by atoms with Crippen molar-refractivity contribution in [1.29, 1.82) is 0 Å². The molecule has 8 nitrogen and oxygen atoms in total. The van der Waals surface area contributed by atoms with Gasteiger partial charge < -0.3 is 25.4 Å². The van der Waals surface area contributed by atoms with Crippen LogP contribution in [-0.4, -0.2) is 56.6 Å². The lowest BCUT2D eigenvalue weighted by Crippen LogP contribution is -2.44. The van der Waals surface area contributed by atoms with Crippen molar-refractivity contribution in [2.24, 2.45) is 0 Å². The predicted molar refractivity (Wildman–Crippen MR) is 123 cm³/mol. The molecule has 1 unspecified atom stereocenters. The van der Waals surface area contributed by atoms with Crippen molar-refractivity contribution in [1.82, 2.24) is 5.32 Å². The van der Waals surface area contributed by atoms with Crippen LogP contribution in [0.3, 0.4) is 0 Å². The summed E-state index contributed by atoms with van der Waals surface area (Å²) in [6, 6.07) is 12.9. The third-order valence-corrected chi connectivity index (χ3v) is 4.92. The normalized spacial score (nSPS) is 11.3. The van der Waals surface area contributed by atoms with Crippen LogP contribution in [0.25, 0.3) is 0 Å². The van der Waals surface area contributed by atoms with E-state index < -0.39 is 6.04 Å². The summed E-state index contributed by atoms with van der Waals surface area (Å²) in [4.78, 5) is 37.4. The standard InChI is InChI=1S/C22H27N3O5S/c1-29-14-20(26)23-15-7-6-8-16(13-15)24-22(28)18(11-12-31-3)25-21(27)17-9-4-5-10-19(17)30-2/h4-10,13,18H,11-12,14H2,1-3H3,(H,23,26)(H,24,28)(H,25,27). The zero-order chi connectivity index (χ0) is 22.6. The third-order valence-electron chi connectivity index (χ3n) is 4.27. The van der Waals surface area contributed by atoms with Crippen LogP contribution in [0.15, 0.2) is 48.5 Å². The molecule has 9 heteroatoms. The summed E-state index contributed by atoms with van der Waals surface area (Å²) in [6.45, 7) is -0.0671. The maximum absolute atomic E-state index is 12.9. The van der Waals surface area contributed by atoms with E-state index in [1.54, 1.807) is 60.3 Å². The van der Waals surface area contributed by atoms with Crippen LogP contribution in [0.4, 0.5) is 11.4 Å². The molecular formula is C22H27N3O5S. The summed E-state index contributed by atoms with van der Waals surface area (Å²) >= 11 is 1.58. The molecular weight excluding hydrogens is 418 g/mol. The number of hydrogen-bond donors (Lipinski definition) is 3. The number of rotatable bonds is 11. The van der Waals surface area contributed by atoms with Gasteiger partial charge in [0.2, 0.25) is 11.8 Å². The van der Waals surface area contributed by atoms with Crippen LogP contribution in [0, 0.1) is 0 Å². The summed E-state index contributed by atoms with van der Waals surface area (Å²) in [5.74, 6) is 0.0885. The van der Waals surface area contributed by atoms with Crippen molar-refractivity contribution in [3.05, 3.63) is 54.1 Å². The predicted octanol–water partition coefficient (Wildman–Crippen LogP) is 2.77. The molecule has 2 rings (SSSR count). The lowest BCUT2D eigenvalue weighted by molar-refractivity contribution is -0.119. The van der Waals surface area contributed by atoms with Crippen LogP contribution in [0.2, 0.25) is 0 Å². The first-order chi connectivity index (χ1) is 15.0. The Kier molecular flexibility index (Phi) is 9.86. The molecule has 0 heterocycles. The van der Waals surface area contributed by atoms with Crippen molar-refractivity contribution in [3.8, 4) is 5.75 Å². The highest BCUT2D eigenvalue weighted by Gasteiger charge is 2.23. The van der Waals surface area contributed by atoms with Gasteiger partial charge in [-0.05, 0) is 48.8 Å². The Labute approximate surface area is 186 Å². The van der Waals surface area contributed by atoms with Crippen LogP contribution < -0.4 is 20.7 Å². The first kappa shape index (κ1) is 24.2. The van der Waals surface area contributed by atoms with E-state index >= 15 is 0 Å². The summed E-state index contributed by atoms with van der Waals surface area (Å²) in [5, 5.41) is 8.29. The molecule has 0 aromatic heterocycles. The van der Waals surface area contributed by atoms with Crippen LogP contribution in [-0.2, 0) is 14.3 Å². The number of ether oxygens (including phenoxy) is 2. The van der Waals surface area contributed by atoms with Gasteiger partial charge in [-0.3, -0.25) is 14.4 Å². The molecule has 166 valence electrons. The number of anilines is 2. The molecule has 0 bridgehead atoms. The minimum Gasteiger partial charge on any atom is -0.496 e. The van der Waals surface area contributed by atoms with E-state index in [2.05, 4.69) is 16.0 Å². The van der Waals surface area contributed by atoms with Crippen molar-refractivity contribution in [3.63, 3.8) is 0 Å². The van der Waals surface area contributed by atoms with Gasteiger partial charge in [0.25, 0.3) is 5.91 Å². The lowest BCUT2D eigenvalue weighted by Gasteiger charge is -2.19. The Bertz CT molecular complexity index is 906. The monoisotopic (exact) mass is 445 g/mol. The first-order valence-corrected chi connectivity index (χ1v) is 11.0. The number of hydrogen-bond acceptors (Lipinski definition) is 6. The van der Waals surface area contributed by atoms with Crippen molar-refractivity contribution >= 4 is 40.9 Å². The molecule has 0 aliphatic carbocycles. The minimum absolute atomic E-state index is 0.0671. The highest BCUT2D eigenvalue weighted by Crippen LogP contribution is 2.19. The van der Waals surface area contributed by atoms with E-state index in [-0.39, 0.29) is 24.3 Å². The van der Waals surface area contributed by atoms with Gasteiger partial charge in [0.1, 0.15) is 18.4 Å². The molecule has 0 fully saturated rings. The van der Waals surface area contributed by atoms with Gasteiger partial charge >= 0.3 is 0 Å². The lowest BCUT2D eigenvalue weighted by atomic mass is 10.1. The Hall–Kier alpha value is -3.04. The van der Waals surface area contributed by atoms with Crippen LogP contribution >= 0.6 is 11.8 Å². The topological polar surface area (TPSA) is 106 Å². The van der Waals surface area contributed by atoms with Gasteiger partial charge in [-0.1, -0.05) is 18.2 Å². The summed E-state index contributed by atoms with van der Waals surface area (Å²) in [7, 11) is 2.92. The number of benzene rings is 2. The van der Waals surface area contributed by atoms with Gasteiger partial charge in [0.05, 0.1) is 12.7 Å². The number of carbonyl (C=O) groups excluding carboxylic acids is 3. The highest BCUT2D eigenvalue weighted by molar-refractivity contribution is 7.98. The second-order valence-electron chi connectivity index (χ2n) is 6.56. The maximum Gasteiger partial charge on any atom is 0.255 e. The van der Waals surface area contributed by atoms with E-state index in [4.69, 9.17) is 9.47 Å². The molecule has 3 N–H and O–H groups in total. The molecule has 0 aliphatic rings. The Morgan fingerprint density at radius 2 is 1.71 bits per heavy atom. The molecule has 0 spiro atoms. The Balaban J connectivity index is 2.11. The van der Waals surface area contributed by atoms with E-state index in [1.807, 2.05) is 6.26 Å². The Morgan fingerprint density at radius 3 is 2.39 bits per heavy atom. The van der Waals surface area contributed by atoms with Crippen LogP contribution in [0.5, 0.6) is 5.75 Å². The SMILES string of the molecule is COCC(=O)Nc1cccc(NC(=O)C(CCSC)NC(=O)c2ccccc2OC)c1. The zero-order valence-electron chi connectivity index (χ0n) is 17.8.